The molecule has 2 aliphatic heterocycles. The molecule has 0 spiro atoms. The number of hydrogen-bond acceptors (Lipinski definition) is 5. The average Bonchev–Trinajstić information content (AvgIpc) is 3.22. The number of rotatable bonds is 6. The van der Waals surface area contributed by atoms with Gasteiger partial charge in [-0.1, -0.05) is 12.1 Å². The molecule has 0 aliphatic carbocycles. The summed E-state index contributed by atoms with van der Waals surface area (Å²) < 4.78 is 0. The van der Waals surface area contributed by atoms with Gasteiger partial charge in [-0.2, -0.15) is 5.26 Å². The summed E-state index contributed by atoms with van der Waals surface area (Å²) in [5, 5.41) is 11.9. The fraction of sp³-hybridized carbons (Fsp3) is 0.375. The molecule has 1 N–H and O–H groups in total. The molecule has 7 heteroatoms. The molecule has 2 saturated heterocycles. The monoisotopic (exact) mass is 417 g/mol. The normalized spacial score (nSPS) is 17.5. The number of benzene rings is 2. The van der Waals surface area contributed by atoms with Crippen molar-refractivity contribution in [3.63, 3.8) is 0 Å². The van der Waals surface area contributed by atoms with E-state index in [-0.39, 0.29) is 11.8 Å². The van der Waals surface area contributed by atoms with Crippen LogP contribution in [-0.2, 0) is 16.1 Å². The third-order valence-electron chi connectivity index (χ3n) is 5.86. The first-order valence-corrected chi connectivity index (χ1v) is 10.7. The Morgan fingerprint density at radius 1 is 0.935 bits per heavy atom. The zero-order chi connectivity index (χ0) is 21.6. The SMILES string of the molecule is N#Cc1ccc(CN2CCN(CC(=O)Nc3ccc(N4CCCC4=O)cc3)CC2)cc1. The molecule has 160 valence electrons. The maximum Gasteiger partial charge on any atom is 0.238 e. The third-order valence-corrected chi connectivity index (χ3v) is 5.86. The first-order valence-electron chi connectivity index (χ1n) is 10.7. The molecule has 0 bridgehead atoms. The van der Waals surface area contributed by atoms with Gasteiger partial charge in [0.05, 0.1) is 18.2 Å². The van der Waals surface area contributed by atoms with Crippen molar-refractivity contribution >= 4 is 23.2 Å². The Morgan fingerprint density at radius 2 is 1.61 bits per heavy atom. The van der Waals surface area contributed by atoms with E-state index >= 15 is 0 Å². The van der Waals surface area contributed by atoms with E-state index in [1.165, 1.54) is 5.56 Å². The van der Waals surface area contributed by atoms with Crippen LogP contribution in [0.4, 0.5) is 11.4 Å². The summed E-state index contributed by atoms with van der Waals surface area (Å²) in [6, 6.07) is 17.3. The number of amides is 2. The Labute approximate surface area is 182 Å². The van der Waals surface area contributed by atoms with Gasteiger partial charge in [0.1, 0.15) is 0 Å². The number of nitrogens with one attached hydrogen (secondary N) is 1. The Morgan fingerprint density at radius 3 is 2.23 bits per heavy atom. The Balaban J connectivity index is 1.21. The highest BCUT2D eigenvalue weighted by Gasteiger charge is 2.22. The number of carbonyl (C=O) groups is 2. The highest BCUT2D eigenvalue weighted by molar-refractivity contribution is 5.96. The number of nitriles is 1. The predicted octanol–water partition coefficient (Wildman–Crippen LogP) is 2.44. The van der Waals surface area contributed by atoms with Gasteiger partial charge in [-0.15, -0.1) is 0 Å². The molecule has 0 unspecified atom stereocenters. The number of anilines is 2. The fourth-order valence-electron chi connectivity index (χ4n) is 4.10. The molecule has 2 heterocycles. The first kappa shape index (κ1) is 21.0. The molecule has 31 heavy (non-hydrogen) atoms. The van der Waals surface area contributed by atoms with E-state index in [2.05, 4.69) is 21.2 Å². The van der Waals surface area contributed by atoms with Crippen LogP contribution in [0.15, 0.2) is 48.5 Å². The molecule has 2 aromatic carbocycles. The van der Waals surface area contributed by atoms with Gasteiger partial charge in [-0.3, -0.25) is 19.4 Å². The van der Waals surface area contributed by atoms with Crippen molar-refractivity contribution in [1.82, 2.24) is 9.80 Å². The topological polar surface area (TPSA) is 79.7 Å². The number of nitrogens with zero attached hydrogens (tertiary/aromatic N) is 4. The van der Waals surface area contributed by atoms with Crippen LogP contribution >= 0.6 is 0 Å². The van der Waals surface area contributed by atoms with Gasteiger partial charge >= 0.3 is 0 Å². The van der Waals surface area contributed by atoms with Gasteiger partial charge in [-0.25, -0.2) is 0 Å². The minimum Gasteiger partial charge on any atom is -0.325 e. The molecule has 7 nitrogen and oxygen atoms in total. The van der Waals surface area contributed by atoms with E-state index in [1.807, 2.05) is 48.5 Å². The van der Waals surface area contributed by atoms with Gasteiger partial charge in [-0.05, 0) is 48.4 Å². The molecular weight excluding hydrogens is 390 g/mol. The maximum atomic E-state index is 12.4. The second-order valence-corrected chi connectivity index (χ2v) is 8.11. The van der Waals surface area contributed by atoms with Crippen LogP contribution in [0.25, 0.3) is 0 Å². The van der Waals surface area contributed by atoms with Crippen molar-refractivity contribution in [3.8, 4) is 6.07 Å². The summed E-state index contributed by atoms with van der Waals surface area (Å²) in [5.74, 6) is 0.139. The molecule has 2 fully saturated rings. The minimum absolute atomic E-state index is 0.0226. The molecule has 4 rings (SSSR count). The lowest BCUT2D eigenvalue weighted by Crippen LogP contribution is -2.48. The average molecular weight is 418 g/mol. The standard InChI is InChI=1S/C24H27N5O2/c25-16-19-3-5-20(6-4-19)17-27-12-14-28(15-13-27)18-23(30)26-21-7-9-22(10-8-21)29-11-1-2-24(29)31/h3-10H,1-2,11-15,17-18H2,(H,26,30). The van der Waals surface area contributed by atoms with Crippen molar-refractivity contribution < 1.29 is 9.59 Å². The largest absolute Gasteiger partial charge is 0.325 e. The smallest absolute Gasteiger partial charge is 0.238 e. The minimum atomic E-state index is -0.0226. The molecule has 0 saturated carbocycles. The Hall–Kier alpha value is -3.21. The lowest BCUT2D eigenvalue weighted by atomic mass is 10.1. The Kier molecular flexibility index (Phi) is 6.60. The molecule has 0 radical (unpaired) electrons. The zero-order valence-electron chi connectivity index (χ0n) is 17.6. The summed E-state index contributed by atoms with van der Waals surface area (Å²) in [5.41, 5.74) is 3.52. The number of carbonyl (C=O) groups excluding carboxylic acids is 2. The first-order chi connectivity index (χ1) is 15.1. The summed E-state index contributed by atoms with van der Waals surface area (Å²) in [6.07, 6.45) is 1.51. The summed E-state index contributed by atoms with van der Waals surface area (Å²) in [4.78, 5) is 30.6. The van der Waals surface area contributed by atoms with Crippen LogP contribution in [0.3, 0.4) is 0 Å². The highest BCUT2D eigenvalue weighted by Crippen LogP contribution is 2.23. The summed E-state index contributed by atoms with van der Waals surface area (Å²) in [6.45, 7) is 5.51. The van der Waals surface area contributed by atoms with Crippen molar-refractivity contribution in [3.05, 3.63) is 59.7 Å². The van der Waals surface area contributed by atoms with Crippen molar-refractivity contribution in [2.75, 3.05) is 49.5 Å². The second-order valence-electron chi connectivity index (χ2n) is 8.11. The molecule has 2 amide bonds. The van der Waals surface area contributed by atoms with E-state index in [9.17, 15) is 9.59 Å². The number of piperazine rings is 1. The van der Waals surface area contributed by atoms with E-state index in [4.69, 9.17) is 5.26 Å². The molecule has 0 aromatic heterocycles. The van der Waals surface area contributed by atoms with Gasteiger partial charge in [0, 0.05) is 57.1 Å². The summed E-state index contributed by atoms with van der Waals surface area (Å²) >= 11 is 0. The van der Waals surface area contributed by atoms with Crippen LogP contribution < -0.4 is 10.2 Å². The molecular formula is C24H27N5O2. The molecule has 2 aromatic rings. The van der Waals surface area contributed by atoms with E-state index in [0.29, 0.717) is 18.5 Å². The van der Waals surface area contributed by atoms with Crippen LogP contribution in [0.1, 0.15) is 24.0 Å². The van der Waals surface area contributed by atoms with Crippen LogP contribution in [0, 0.1) is 11.3 Å². The second kappa shape index (κ2) is 9.73. The molecule has 2 aliphatic rings. The van der Waals surface area contributed by atoms with E-state index in [0.717, 1.165) is 57.1 Å². The van der Waals surface area contributed by atoms with Crippen molar-refractivity contribution in [2.24, 2.45) is 0 Å². The van der Waals surface area contributed by atoms with Crippen LogP contribution in [0.2, 0.25) is 0 Å². The lowest BCUT2D eigenvalue weighted by Gasteiger charge is -2.34. The van der Waals surface area contributed by atoms with Gasteiger partial charge < -0.3 is 10.2 Å². The van der Waals surface area contributed by atoms with Gasteiger partial charge in [0.25, 0.3) is 0 Å². The van der Waals surface area contributed by atoms with Gasteiger partial charge in [0.2, 0.25) is 11.8 Å². The highest BCUT2D eigenvalue weighted by atomic mass is 16.2. The van der Waals surface area contributed by atoms with Crippen molar-refractivity contribution in [1.29, 1.82) is 5.26 Å². The molecule has 0 atom stereocenters. The van der Waals surface area contributed by atoms with Crippen LogP contribution in [0.5, 0.6) is 0 Å². The fourth-order valence-corrected chi connectivity index (χ4v) is 4.10. The number of hydrogen-bond donors (Lipinski definition) is 1. The Bertz CT molecular complexity index is 957. The van der Waals surface area contributed by atoms with E-state index in [1.54, 1.807) is 4.90 Å². The quantitative estimate of drug-likeness (QED) is 0.781. The zero-order valence-corrected chi connectivity index (χ0v) is 17.6. The van der Waals surface area contributed by atoms with Gasteiger partial charge in [0.15, 0.2) is 0 Å². The third kappa shape index (κ3) is 5.48. The van der Waals surface area contributed by atoms with Crippen molar-refractivity contribution in [2.45, 2.75) is 19.4 Å². The summed E-state index contributed by atoms with van der Waals surface area (Å²) in [7, 11) is 0. The van der Waals surface area contributed by atoms with Crippen LogP contribution in [-0.4, -0.2) is 60.9 Å². The maximum absolute atomic E-state index is 12.4. The van der Waals surface area contributed by atoms with E-state index < -0.39 is 0 Å². The lowest BCUT2D eigenvalue weighted by molar-refractivity contribution is -0.118. The predicted molar refractivity (Wildman–Crippen MR) is 120 cm³/mol.